The number of para-hydroxylation sites is 1. The molecule has 9 heteroatoms. The highest BCUT2D eigenvalue weighted by Gasteiger charge is 2.30. The van der Waals surface area contributed by atoms with Crippen LogP contribution in [0.4, 0.5) is 4.79 Å². The molecule has 1 saturated heterocycles. The summed E-state index contributed by atoms with van der Waals surface area (Å²) < 4.78 is 32.5. The number of aryl methyl sites for hydroxylation is 1. The van der Waals surface area contributed by atoms with Gasteiger partial charge in [-0.1, -0.05) is 18.2 Å². The van der Waals surface area contributed by atoms with Crippen molar-refractivity contribution in [2.45, 2.75) is 45.4 Å². The van der Waals surface area contributed by atoms with Crippen molar-refractivity contribution in [3.63, 3.8) is 0 Å². The number of fused-ring (bicyclic) bond motifs is 1. The Bertz CT molecular complexity index is 971. The molecule has 3 rings (SSSR count). The highest BCUT2D eigenvalue weighted by atomic mass is 32.2. The number of ether oxygens (including phenoxy) is 1. The number of aromatic nitrogens is 1. The lowest BCUT2D eigenvalue weighted by molar-refractivity contribution is 0.0107. The summed E-state index contributed by atoms with van der Waals surface area (Å²) in [6.45, 7) is 4.72. The molecule has 2 N–H and O–H groups in total. The van der Waals surface area contributed by atoms with Crippen LogP contribution in [0.25, 0.3) is 10.9 Å². The predicted molar refractivity (Wildman–Crippen MR) is 110 cm³/mol. The summed E-state index contributed by atoms with van der Waals surface area (Å²) in [6.07, 6.45) is -0.00819. The monoisotopic (exact) mass is 421 g/mol. The molecule has 1 aliphatic heterocycles. The first kappa shape index (κ1) is 21.5. The summed E-state index contributed by atoms with van der Waals surface area (Å²) in [7, 11) is -3.51. The van der Waals surface area contributed by atoms with Gasteiger partial charge in [0.25, 0.3) is 0 Å². The third kappa shape index (κ3) is 5.65. The first-order valence-corrected chi connectivity index (χ1v) is 11.3. The fourth-order valence-corrected chi connectivity index (χ4v) is 5.37. The fraction of sp³-hybridized carbons (Fsp3) is 0.500. The second-order valence-electron chi connectivity index (χ2n) is 7.48. The van der Waals surface area contributed by atoms with Gasteiger partial charge in [0, 0.05) is 30.2 Å². The predicted octanol–water partition coefficient (Wildman–Crippen LogP) is 2.51. The van der Waals surface area contributed by atoms with Crippen LogP contribution in [0.3, 0.4) is 0 Å². The Morgan fingerprint density at radius 2 is 2.03 bits per heavy atom. The molecule has 0 radical (unpaired) electrons. The van der Waals surface area contributed by atoms with Gasteiger partial charge in [0.1, 0.15) is 0 Å². The van der Waals surface area contributed by atoms with Crippen LogP contribution in [0.5, 0.6) is 0 Å². The fourth-order valence-electron chi connectivity index (χ4n) is 3.67. The van der Waals surface area contributed by atoms with E-state index >= 15 is 0 Å². The molecule has 1 fully saturated rings. The zero-order valence-corrected chi connectivity index (χ0v) is 17.5. The van der Waals surface area contributed by atoms with Gasteiger partial charge in [-0.15, -0.1) is 0 Å². The van der Waals surface area contributed by atoms with Crippen molar-refractivity contribution in [3.05, 3.63) is 41.6 Å². The topological polar surface area (TPSA) is 109 Å². The minimum atomic E-state index is -3.51. The minimum absolute atomic E-state index is 0.0109. The van der Waals surface area contributed by atoms with Crippen molar-refractivity contribution in [1.82, 2.24) is 14.6 Å². The Morgan fingerprint density at radius 3 is 2.72 bits per heavy atom. The normalized spacial score (nSPS) is 17.3. The summed E-state index contributed by atoms with van der Waals surface area (Å²) in [5.41, 5.74) is 2.96. The van der Waals surface area contributed by atoms with Crippen molar-refractivity contribution in [3.8, 4) is 0 Å². The van der Waals surface area contributed by atoms with Crippen LogP contribution in [-0.2, 0) is 21.4 Å². The van der Waals surface area contributed by atoms with Crippen molar-refractivity contribution in [2.24, 2.45) is 0 Å². The first-order valence-electron chi connectivity index (χ1n) is 9.69. The van der Waals surface area contributed by atoms with Crippen LogP contribution >= 0.6 is 0 Å². The summed E-state index contributed by atoms with van der Waals surface area (Å²) in [5.74, 6) is -0.243. The van der Waals surface area contributed by atoms with Gasteiger partial charge >= 0.3 is 6.09 Å². The van der Waals surface area contributed by atoms with E-state index in [-0.39, 0.29) is 11.9 Å². The number of pyridine rings is 1. The molecule has 1 atom stereocenters. The molecule has 1 aliphatic rings. The van der Waals surface area contributed by atoms with Crippen LogP contribution in [0.2, 0.25) is 0 Å². The van der Waals surface area contributed by atoms with Crippen LogP contribution in [-0.4, -0.2) is 59.9 Å². The van der Waals surface area contributed by atoms with E-state index in [2.05, 4.69) is 10.3 Å². The van der Waals surface area contributed by atoms with Gasteiger partial charge in [-0.2, -0.15) is 0 Å². The molecule has 158 valence electrons. The molecule has 0 unspecified atom stereocenters. The third-order valence-corrected chi connectivity index (χ3v) is 7.10. The second kappa shape index (κ2) is 9.06. The number of hydrogen-bond donors (Lipinski definition) is 2. The number of nitrogens with zero attached hydrogens (tertiary/aromatic N) is 2. The number of amides is 1. The Balaban J connectivity index is 1.55. The lowest BCUT2D eigenvalue weighted by Crippen LogP contribution is -2.46. The summed E-state index contributed by atoms with van der Waals surface area (Å²) >= 11 is 0. The van der Waals surface area contributed by atoms with Gasteiger partial charge < -0.3 is 15.2 Å². The summed E-state index contributed by atoms with van der Waals surface area (Å²) in [4.78, 5) is 15.2. The number of piperidine rings is 1. The molecule has 8 nitrogen and oxygen atoms in total. The highest BCUT2D eigenvalue weighted by molar-refractivity contribution is 7.89. The number of nitrogens with one attached hydrogen (secondary N) is 1. The smallest absolute Gasteiger partial charge is 0.404 e. The highest BCUT2D eigenvalue weighted by Crippen LogP contribution is 2.22. The molecule has 0 bridgehead atoms. The maximum atomic E-state index is 12.5. The second-order valence-corrected chi connectivity index (χ2v) is 9.49. The van der Waals surface area contributed by atoms with E-state index in [9.17, 15) is 13.2 Å². The molecular weight excluding hydrogens is 394 g/mol. The largest absolute Gasteiger partial charge is 0.465 e. The molecule has 0 aliphatic carbocycles. The molecule has 1 aromatic carbocycles. The van der Waals surface area contributed by atoms with Crippen molar-refractivity contribution >= 4 is 27.0 Å². The minimum Gasteiger partial charge on any atom is -0.465 e. The molecule has 1 amide bonds. The molecule has 29 heavy (non-hydrogen) atoms. The maximum Gasteiger partial charge on any atom is 0.404 e. The zero-order valence-electron chi connectivity index (χ0n) is 16.7. The Kier molecular flexibility index (Phi) is 6.71. The lowest BCUT2D eigenvalue weighted by Gasteiger charge is -2.32. The van der Waals surface area contributed by atoms with E-state index < -0.39 is 22.2 Å². The molecule has 1 aromatic heterocycles. The molecule has 2 aromatic rings. The van der Waals surface area contributed by atoms with Gasteiger partial charge in [0.2, 0.25) is 10.0 Å². The summed E-state index contributed by atoms with van der Waals surface area (Å²) in [5, 5.41) is 12.0. The van der Waals surface area contributed by atoms with Gasteiger partial charge in [-0.3, -0.25) is 4.98 Å². The van der Waals surface area contributed by atoms with E-state index in [1.165, 1.54) is 4.31 Å². The number of carbonyl (C=O) groups is 1. The quantitative estimate of drug-likeness (QED) is 0.711. The van der Waals surface area contributed by atoms with Gasteiger partial charge in [-0.05, 0) is 44.4 Å². The number of carboxylic acid groups (broad SMARTS) is 1. The lowest BCUT2D eigenvalue weighted by atomic mass is 10.1. The average molecular weight is 422 g/mol. The third-order valence-electron chi connectivity index (χ3n) is 5.03. The molecule has 2 heterocycles. The number of hydrogen-bond acceptors (Lipinski definition) is 5. The van der Waals surface area contributed by atoms with Gasteiger partial charge in [0.15, 0.2) is 0 Å². The molecular formula is C20H27N3O5S. The number of benzene rings is 1. The van der Waals surface area contributed by atoms with E-state index in [0.717, 1.165) is 22.2 Å². The van der Waals surface area contributed by atoms with Crippen molar-refractivity contribution in [2.75, 3.05) is 18.8 Å². The first-order chi connectivity index (χ1) is 13.7. The molecule has 0 spiro atoms. The standard InChI is InChI=1S/C20H27N3O5S/c1-14-11-16(18-5-3-4-6-19(18)21-14)12-28-17-7-9-23(10-8-17)29(26,27)13-15(2)22-20(24)25/h3-6,11,15,17,22H,7-10,12-13H2,1-2H3,(H,24,25)/t15-/m1/s1. The van der Waals surface area contributed by atoms with E-state index in [1.54, 1.807) is 6.92 Å². The number of sulfonamides is 1. The molecule has 0 saturated carbocycles. The average Bonchev–Trinajstić information content (AvgIpc) is 2.65. The Hall–Kier alpha value is -2.23. The van der Waals surface area contributed by atoms with Crippen molar-refractivity contribution in [1.29, 1.82) is 0 Å². The van der Waals surface area contributed by atoms with E-state index in [1.807, 2.05) is 37.3 Å². The SMILES string of the molecule is Cc1cc(COC2CCN(S(=O)(=O)C[C@@H](C)NC(=O)O)CC2)c2ccccc2n1. The van der Waals surface area contributed by atoms with Crippen LogP contribution in [0.15, 0.2) is 30.3 Å². The van der Waals surface area contributed by atoms with E-state index in [4.69, 9.17) is 9.84 Å². The van der Waals surface area contributed by atoms with Crippen LogP contribution in [0.1, 0.15) is 31.0 Å². The van der Waals surface area contributed by atoms with Crippen molar-refractivity contribution < 1.29 is 23.1 Å². The van der Waals surface area contributed by atoms with Gasteiger partial charge in [-0.25, -0.2) is 17.5 Å². The zero-order chi connectivity index (χ0) is 21.0. The Morgan fingerprint density at radius 1 is 1.34 bits per heavy atom. The van der Waals surface area contributed by atoms with Crippen LogP contribution in [0, 0.1) is 6.92 Å². The summed E-state index contributed by atoms with van der Waals surface area (Å²) in [6, 6.07) is 9.32. The Labute approximate surface area is 170 Å². The maximum absolute atomic E-state index is 12.5. The van der Waals surface area contributed by atoms with Crippen LogP contribution < -0.4 is 5.32 Å². The van der Waals surface area contributed by atoms with E-state index in [0.29, 0.717) is 32.5 Å². The van der Waals surface area contributed by atoms with Gasteiger partial charge in [0.05, 0.1) is 24.0 Å². The number of rotatable bonds is 7.